The van der Waals surface area contributed by atoms with E-state index in [1.807, 2.05) is 51.1 Å². The first-order valence-electron chi connectivity index (χ1n) is 8.17. The fourth-order valence-electron chi connectivity index (χ4n) is 2.91. The van der Waals surface area contributed by atoms with Crippen LogP contribution in [0.2, 0.25) is 0 Å². The summed E-state index contributed by atoms with van der Waals surface area (Å²) in [6.07, 6.45) is 2.44. The Bertz CT molecular complexity index is 819. The molecule has 2 N–H and O–H groups in total. The molecule has 0 spiro atoms. The van der Waals surface area contributed by atoms with Gasteiger partial charge in [-0.05, 0) is 29.5 Å². The molecule has 1 aliphatic rings. The molecule has 0 saturated carbocycles. The minimum absolute atomic E-state index is 0.0885. The van der Waals surface area contributed by atoms with Crippen molar-refractivity contribution in [2.24, 2.45) is 11.1 Å². The number of rotatable bonds is 2. The van der Waals surface area contributed by atoms with Gasteiger partial charge < -0.3 is 10.6 Å². The zero-order valence-corrected chi connectivity index (χ0v) is 14.3. The second kappa shape index (κ2) is 5.91. The minimum atomic E-state index is -0.583. The van der Waals surface area contributed by atoms with E-state index in [-0.39, 0.29) is 16.9 Å². The van der Waals surface area contributed by atoms with E-state index in [1.54, 1.807) is 21.7 Å². The number of hydrogen-bond acceptors (Lipinski definition) is 3. The molecule has 1 amide bonds. The molecular formula is C19H23N3O2. The van der Waals surface area contributed by atoms with E-state index in [1.165, 1.54) is 0 Å². The highest BCUT2D eigenvalue weighted by Crippen LogP contribution is 2.30. The van der Waals surface area contributed by atoms with Gasteiger partial charge in [-0.15, -0.1) is 0 Å². The number of pyridine rings is 1. The minimum Gasteiger partial charge on any atom is -0.319 e. The molecule has 1 aromatic heterocycles. The Balaban J connectivity index is 2.02. The summed E-state index contributed by atoms with van der Waals surface area (Å²) in [5, 5.41) is 0. The number of anilines is 1. The number of nitrogens with two attached hydrogens (primary N) is 1. The summed E-state index contributed by atoms with van der Waals surface area (Å²) in [4.78, 5) is 26.9. The lowest BCUT2D eigenvalue weighted by Gasteiger charge is -2.30. The third-order valence-corrected chi connectivity index (χ3v) is 4.51. The zero-order chi connectivity index (χ0) is 17.5. The van der Waals surface area contributed by atoms with E-state index in [0.29, 0.717) is 13.0 Å². The Morgan fingerprint density at radius 1 is 1.21 bits per heavy atom. The number of aromatic nitrogens is 1. The fourth-order valence-corrected chi connectivity index (χ4v) is 2.91. The van der Waals surface area contributed by atoms with Gasteiger partial charge in [0.05, 0.1) is 11.7 Å². The second-order valence-corrected chi connectivity index (χ2v) is 7.31. The van der Waals surface area contributed by atoms with Gasteiger partial charge in [-0.3, -0.25) is 14.2 Å². The molecule has 0 aliphatic carbocycles. The highest BCUT2D eigenvalue weighted by atomic mass is 16.2. The zero-order valence-electron chi connectivity index (χ0n) is 14.3. The summed E-state index contributed by atoms with van der Waals surface area (Å²) in [7, 11) is 0. The standard InChI is InChI=1S/C19H23N3O2/c1-19(2,3)17(20)18(24)21-10-9-13-11-16(23)22(12-15(13)21)14-7-5-4-6-8-14/h4-8,11-12,17H,9-10,20H2,1-3H3/t17-/m1/s1. The van der Waals surface area contributed by atoms with Gasteiger partial charge >= 0.3 is 0 Å². The van der Waals surface area contributed by atoms with Crippen molar-refractivity contribution in [3.8, 4) is 5.69 Å². The van der Waals surface area contributed by atoms with Gasteiger partial charge in [-0.1, -0.05) is 39.0 Å². The van der Waals surface area contributed by atoms with Gasteiger partial charge in [0.2, 0.25) is 5.91 Å². The summed E-state index contributed by atoms with van der Waals surface area (Å²) >= 11 is 0. The number of para-hydroxylation sites is 1. The van der Waals surface area contributed by atoms with Crippen LogP contribution >= 0.6 is 0 Å². The molecule has 1 aromatic carbocycles. The van der Waals surface area contributed by atoms with Gasteiger partial charge in [0.15, 0.2) is 0 Å². The van der Waals surface area contributed by atoms with Crippen LogP contribution in [0.25, 0.3) is 5.69 Å². The van der Waals surface area contributed by atoms with Crippen LogP contribution in [0, 0.1) is 5.41 Å². The Kier molecular flexibility index (Phi) is 4.05. The Labute approximate surface area is 141 Å². The van der Waals surface area contributed by atoms with Crippen molar-refractivity contribution in [2.75, 3.05) is 11.4 Å². The quantitative estimate of drug-likeness (QED) is 0.919. The Morgan fingerprint density at radius 3 is 2.50 bits per heavy atom. The third kappa shape index (κ3) is 2.87. The molecule has 1 aliphatic heterocycles. The first kappa shape index (κ1) is 16.5. The van der Waals surface area contributed by atoms with Crippen LogP contribution in [0.5, 0.6) is 0 Å². The molecule has 1 atom stereocenters. The SMILES string of the molecule is CC(C)(C)[C@H](N)C(=O)N1CCc2cc(=O)n(-c3ccccc3)cc21. The summed E-state index contributed by atoms with van der Waals surface area (Å²) < 4.78 is 1.58. The first-order chi connectivity index (χ1) is 11.3. The molecule has 2 heterocycles. The summed E-state index contributed by atoms with van der Waals surface area (Å²) in [6.45, 7) is 6.43. The molecule has 126 valence electrons. The van der Waals surface area contributed by atoms with Crippen molar-refractivity contribution >= 4 is 11.6 Å². The molecule has 3 rings (SSSR count). The van der Waals surface area contributed by atoms with E-state index >= 15 is 0 Å². The van der Waals surface area contributed by atoms with Crippen LogP contribution in [0.4, 0.5) is 5.69 Å². The normalized spacial score (nSPS) is 15.2. The van der Waals surface area contributed by atoms with Crippen LogP contribution in [0.3, 0.4) is 0 Å². The second-order valence-electron chi connectivity index (χ2n) is 7.31. The molecular weight excluding hydrogens is 302 g/mol. The molecule has 24 heavy (non-hydrogen) atoms. The predicted molar refractivity (Wildman–Crippen MR) is 95.5 cm³/mol. The van der Waals surface area contributed by atoms with E-state index in [9.17, 15) is 9.59 Å². The summed E-state index contributed by atoms with van der Waals surface area (Å²) in [6, 6.07) is 10.4. The monoisotopic (exact) mass is 325 g/mol. The van der Waals surface area contributed by atoms with Crippen LogP contribution in [-0.4, -0.2) is 23.1 Å². The molecule has 0 unspecified atom stereocenters. The molecule has 2 aromatic rings. The van der Waals surface area contributed by atoms with Crippen molar-refractivity contribution in [3.63, 3.8) is 0 Å². The number of benzene rings is 1. The largest absolute Gasteiger partial charge is 0.319 e. The van der Waals surface area contributed by atoms with Gasteiger partial charge in [0, 0.05) is 24.5 Å². The number of nitrogens with zero attached hydrogens (tertiary/aromatic N) is 2. The number of amides is 1. The van der Waals surface area contributed by atoms with E-state index in [2.05, 4.69) is 0 Å². The molecule has 0 saturated heterocycles. The summed E-state index contributed by atoms with van der Waals surface area (Å²) in [5.41, 5.74) is 8.22. The molecule has 5 heteroatoms. The smallest absolute Gasteiger partial charge is 0.255 e. The first-order valence-corrected chi connectivity index (χ1v) is 8.17. The van der Waals surface area contributed by atoms with Gasteiger partial charge in [-0.25, -0.2) is 0 Å². The van der Waals surface area contributed by atoms with E-state index < -0.39 is 6.04 Å². The Hall–Kier alpha value is -2.40. The highest BCUT2D eigenvalue weighted by molar-refractivity contribution is 5.99. The molecule has 5 nitrogen and oxygen atoms in total. The third-order valence-electron chi connectivity index (χ3n) is 4.51. The van der Waals surface area contributed by atoms with Crippen molar-refractivity contribution in [1.82, 2.24) is 4.57 Å². The van der Waals surface area contributed by atoms with Crippen LogP contribution in [-0.2, 0) is 11.2 Å². The fraction of sp³-hybridized carbons (Fsp3) is 0.368. The number of hydrogen-bond donors (Lipinski definition) is 1. The number of carbonyl (C=O) groups excluding carboxylic acids is 1. The lowest BCUT2D eigenvalue weighted by Crippen LogP contribution is -2.50. The maximum absolute atomic E-state index is 12.8. The lowest BCUT2D eigenvalue weighted by molar-refractivity contribution is -0.121. The van der Waals surface area contributed by atoms with Crippen LogP contribution < -0.4 is 16.2 Å². The predicted octanol–water partition coefficient (Wildman–Crippen LogP) is 2.10. The number of fused-ring (bicyclic) bond motifs is 1. The number of carbonyl (C=O) groups is 1. The van der Waals surface area contributed by atoms with Crippen LogP contribution in [0.1, 0.15) is 26.3 Å². The maximum atomic E-state index is 12.8. The Morgan fingerprint density at radius 2 is 1.88 bits per heavy atom. The van der Waals surface area contributed by atoms with Crippen LogP contribution in [0.15, 0.2) is 47.4 Å². The van der Waals surface area contributed by atoms with Gasteiger partial charge in [-0.2, -0.15) is 0 Å². The van der Waals surface area contributed by atoms with Crippen molar-refractivity contribution in [1.29, 1.82) is 0 Å². The molecule has 0 bridgehead atoms. The average molecular weight is 325 g/mol. The van der Waals surface area contributed by atoms with Crippen molar-refractivity contribution in [2.45, 2.75) is 33.2 Å². The average Bonchev–Trinajstić information content (AvgIpc) is 2.95. The molecule has 0 radical (unpaired) electrons. The van der Waals surface area contributed by atoms with E-state index in [4.69, 9.17) is 5.73 Å². The maximum Gasteiger partial charge on any atom is 0.255 e. The highest BCUT2D eigenvalue weighted by Gasteiger charge is 2.35. The van der Waals surface area contributed by atoms with Crippen molar-refractivity contribution in [3.05, 3.63) is 58.5 Å². The molecule has 0 fully saturated rings. The van der Waals surface area contributed by atoms with E-state index in [0.717, 1.165) is 16.9 Å². The lowest BCUT2D eigenvalue weighted by atomic mass is 9.86. The summed E-state index contributed by atoms with van der Waals surface area (Å²) in [5.74, 6) is -0.0977. The topological polar surface area (TPSA) is 68.3 Å². The van der Waals surface area contributed by atoms with Gasteiger partial charge in [0.1, 0.15) is 0 Å². The van der Waals surface area contributed by atoms with Crippen molar-refractivity contribution < 1.29 is 4.79 Å². The van der Waals surface area contributed by atoms with Gasteiger partial charge in [0.25, 0.3) is 5.56 Å².